The molecule has 1 N–H and O–H groups in total. The molecule has 2 amide bonds. The number of hydrogen-bond acceptors (Lipinski definition) is 3. The number of nitrogens with zero attached hydrogens (tertiary/aromatic N) is 1. The summed E-state index contributed by atoms with van der Waals surface area (Å²) in [6.45, 7) is 2.13. The number of amides is 2. The smallest absolute Gasteiger partial charge is 0.246 e. The van der Waals surface area contributed by atoms with Crippen LogP contribution in [0.25, 0.3) is 11.1 Å². The number of carbonyl (C=O) groups excluding carboxylic acids is 2. The minimum atomic E-state index is -1.08. The number of nitrogens with one attached hydrogen (secondary N) is 1. The summed E-state index contributed by atoms with van der Waals surface area (Å²) in [6, 6.07) is 7.40. The van der Waals surface area contributed by atoms with Crippen LogP contribution in [0.2, 0.25) is 0 Å². The highest BCUT2D eigenvalue weighted by atomic mass is 19.1. The van der Waals surface area contributed by atoms with Gasteiger partial charge in [-0.25, -0.2) is 17.6 Å². The van der Waals surface area contributed by atoms with Gasteiger partial charge in [-0.15, -0.1) is 0 Å². The quantitative estimate of drug-likeness (QED) is 0.661. The predicted octanol–water partition coefficient (Wildman–Crippen LogP) is 3.94. The third-order valence-corrected chi connectivity index (χ3v) is 7.83. The van der Waals surface area contributed by atoms with Gasteiger partial charge in [-0.2, -0.15) is 0 Å². The Morgan fingerprint density at radius 3 is 2.54 bits per heavy atom. The molecule has 0 bridgehead atoms. The first-order chi connectivity index (χ1) is 16.6. The highest BCUT2D eigenvalue weighted by Gasteiger charge is 2.61. The maximum Gasteiger partial charge on any atom is 0.246 e. The van der Waals surface area contributed by atoms with Crippen molar-refractivity contribution in [3.8, 4) is 11.1 Å². The summed E-state index contributed by atoms with van der Waals surface area (Å²) in [6.07, 6.45) is -0.285. The van der Waals surface area contributed by atoms with E-state index in [0.29, 0.717) is 19.0 Å². The van der Waals surface area contributed by atoms with Gasteiger partial charge in [0.25, 0.3) is 0 Å². The normalized spacial score (nSPS) is 30.3. The van der Waals surface area contributed by atoms with E-state index < -0.39 is 40.6 Å². The van der Waals surface area contributed by atoms with Crippen LogP contribution >= 0.6 is 0 Å². The van der Waals surface area contributed by atoms with Crippen LogP contribution in [0.4, 0.5) is 17.6 Å². The predicted molar refractivity (Wildman–Crippen MR) is 120 cm³/mol. The lowest BCUT2D eigenvalue weighted by Crippen LogP contribution is -2.71. The molecule has 1 spiro atoms. The molecular weight excluding hydrogens is 464 g/mol. The number of halogens is 4. The number of alkyl halides is 1. The van der Waals surface area contributed by atoms with Crippen molar-refractivity contribution in [2.75, 3.05) is 19.8 Å². The lowest BCUT2D eigenvalue weighted by Gasteiger charge is -2.50. The molecule has 2 atom stereocenters. The Kier molecular flexibility index (Phi) is 5.86. The third kappa shape index (κ3) is 3.99. The molecule has 0 aromatic heterocycles. The summed E-state index contributed by atoms with van der Waals surface area (Å²) in [5.41, 5.74) is -1.72. The Morgan fingerprint density at radius 1 is 1.17 bits per heavy atom. The molecule has 5 nitrogen and oxygen atoms in total. The summed E-state index contributed by atoms with van der Waals surface area (Å²) in [4.78, 5) is 27.3. The highest BCUT2D eigenvalue weighted by molar-refractivity contribution is 5.83. The molecular formula is C26H26F4N2O3. The summed E-state index contributed by atoms with van der Waals surface area (Å²) >= 11 is 0. The number of rotatable bonds is 4. The zero-order chi connectivity index (χ0) is 25.0. The molecule has 2 saturated heterocycles. The van der Waals surface area contributed by atoms with E-state index in [1.165, 1.54) is 6.07 Å². The largest absolute Gasteiger partial charge is 0.369 e. The number of morpholine rings is 1. The van der Waals surface area contributed by atoms with Gasteiger partial charge in [0.05, 0.1) is 17.7 Å². The molecule has 1 aliphatic carbocycles. The van der Waals surface area contributed by atoms with E-state index in [0.717, 1.165) is 12.1 Å². The van der Waals surface area contributed by atoms with E-state index in [9.17, 15) is 22.8 Å². The standard InChI is InChI=1S/C26H26F4N2O3/c1-25(12-15-3-2-4-21(23(15)30)16-7-19(28)11-20(29)8-16)26(14-35-13-22(33)31-26)5-6-32(25)24(34)17-9-18(27)10-17/h2-4,7-8,11,17-18H,5-6,9-10,12-14H2,1H3,(H,31,33). The first-order valence-electron chi connectivity index (χ1n) is 11.7. The van der Waals surface area contributed by atoms with Crippen LogP contribution in [0, 0.1) is 23.4 Å². The van der Waals surface area contributed by atoms with Crippen LogP contribution in [-0.2, 0) is 20.7 Å². The van der Waals surface area contributed by atoms with Crippen molar-refractivity contribution < 1.29 is 31.9 Å². The summed E-state index contributed by atoms with van der Waals surface area (Å²) in [7, 11) is 0. The molecule has 2 heterocycles. The minimum absolute atomic E-state index is 0.0195. The van der Waals surface area contributed by atoms with Gasteiger partial charge in [0.15, 0.2) is 0 Å². The molecule has 5 rings (SSSR count). The maximum absolute atomic E-state index is 15.8. The van der Waals surface area contributed by atoms with Gasteiger partial charge >= 0.3 is 0 Å². The van der Waals surface area contributed by atoms with E-state index in [4.69, 9.17) is 4.74 Å². The molecule has 0 radical (unpaired) electrons. The van der Waals surface area contributed by atoms with Crippen LogP contribution in [-0.4, -0.2) is 53.7 Å². The van der Waals surface area contributed by atoms with Crippen molar-refractivity contribution in [2.24, 2.45) is 5.92 Å². The molecule has 2 unspecified atom stereocenters. The van der Waals surface area contributed by atoms with E-state index in [-0.39, 0.29) is 61.0 Å². The van der Waals surface area contributed by atoms with Gasteiger partial charge in [-0.05, 0) is 49.4 Å². The highest BCUT2D eigenvalue weighted by Crippen LogP contribution is 2.45. The monoisotopic (exact) mass is 490 g/mol. The van der Waals surface area contributed by atoms with Crippen molar-refractivity contribution in [2.45, 2.75) is 49.9 Å². The molecule has 3 aliphatic rings. The van der Waals surface area contributed by atoms with Crippen LogP contribution < -0.4 is 5.32 Å². The zero-order valence-corrected chi connectivity index (χ0v) is 19.3. The number of hydrogen-bond donors (Lipinski definition) is 1. The Hall–Kier alpha value is -2.94. The van der Waals surface area contributed by atoms with E-state index in [1.807, 2.05) is 0 Å². The third-order valence-electron chi connectivity index (χ3n) is 7.83. The lowest BCUT2D eigenvalue weighted by atomic mass is 9.73. The average Bonchev–Trinajstić information content (AvgIpc) is 3.03. The first kappa shape index (κ1) is 23.8. The van der Waals surface area contributed by atoms with Crippen LogP contribution in [0.5, 0.6) is 0 Å². The molecule has 2 aromatic carbocycles. The Balaban J connectivity index is 1.54. The van der Waals surface area contributed by atoms with Crippen LogP contribution in [0.1, 0.15) is 31.7 Å². The van der Waals surface area contributed by atoms with E-state index >= 15 is 4.39 Å². The van der Waals surface area contributed by atoms with Gasteiger partial charge < -0.3 is 15.0 Å². The van der Waals surface area contributed by atoms with E-state index in [2.05, 4.69) is 5.32 Å². The SMILES string of the molecule is CC1(Cc2cccc(-c3cc(F)cc(F)c3)c2F)N(C(=O)C2CC(F)C2)CCC12COCC(=O)N2. The zero-order valence-electron chi connectivity index (χ0n) is 19.3. The molecule has 35 heavy (non-hydrogen) atoms. The second-order valence-electron chi connectivity index (χ2n) is 10.0. The molecule has 3 fully saturated rings. The van der Waals surface area contributed by atoms with Crippen LogP contribution in [0.3, 0.4) is 0 Å². The number of carbonyl (C=O) groups is 2. The summed E-state index contributed by atoms with van der Waals surface area (Å²) in [5, 5.41) is 3.00. The van der Waals surface area contributed by atoms with Crippen molar-refractivity contribution >= 4 is 11.8 Å². The first-order valence-corrected chi connectivity index (χ1v) is 11.7. The Labute approximate surface area is 200 Å². The fourth-order valence-corrected chi connectivity index (χ4v) is 5.77. The Morgan fingerprint density at radius 2 is 1.89 bits per heavy atom. The Bertz CT molecular complexity index is 1160. The van der Waals surface area contributed by atoms with Crippen molar-refractivity contribution in [3.63, 3.8) is 0 Å². The summed E-state index contributed by atoms with van der Waals surface area (Å²) < 4.78 is 62.5. The van der Waals surface area contributed by atoms with Gasteiger partial charge in [0, 0.05) is 30.5 Å². The maximum atomic E-state index is 15.8. The topological polar surface area (TPSA) is 58.6 Å². The number of likely N-dealkylation sites (tertiary alicyclic amines) is 1. The lowest BCUT2D eigenvalue weighted by molar-refractivity contribution is -0.151. The fourth-order valence-electron chi connectivity index (χ4n) is 5.77. The average molecular weight is 490 g/mol. The molecule has 2 aliphatic heterocycles. The van der Waals surface area contributed by atoms with E-state index in [1.54, 1.807) is 24.0 Å². The second kappa shape index (κ2) is 8.62. The van der Waals surface area contributed by atoms with Gasteiger partial charge in [0.1, 0.15) is 30.2 Å². The molecule has 2 aromatic rings. The van der Waals surface area contributed by atoms with Crippen molar-refractivity contribution in [1.29, 1.82) is 0 Å². The molecule has 1 saturated carbocycles. The fraction of sp³-hybridized carbons (Fsp3) is 0.462. The number of ether oxygens (including phenoxy) is 1. The van der Waals surface area contributed by atoms with Crippen molar-refractivity contribution in [3.05, 3.63) is 59.4 Å². The summed E-state index contributed by atoms with van der Waals surface area (Å²) in [5.74, 6) is -3.31. The van der Waals surface area contributed by atoms with Gasteiger partial charge in [-0.3, -0.25) is 9.59 Å². The molecule has 9 heteroatoms. The molecule has 186 valence electrons. The number of benzene rings is 2. The van der Waals surface area contributed by atoms with Gasteiger partial charge in [-0.1, -0.05) is 18.2 Å². The van der Waals surface area contributed by atoms with Gasteiger partial charge in [0.2, 0.25) is 11.8 Å². The second-order valence-corrected chi connectivity index (χ2v) is 10.0. The van der Waals surface area contributed by atoms with Crippen molar-refractivity contribution in [1.82, 2.24) is 10.2 Å². The van der Waals surface area contributed by atoms with Crippen LogP contribution in [0.15, 0.2) is 36.4 Å². The minimum Gasteiger partial charge on any atom is -0.369 e.